The SMILES string of the molecule is COc1cccc(CCC(=O)Nc2ccc(Oc3ncccc3C#N)cc2C)c1OC. The number of para-hydroxylation sites is 1. The molecule has 0 aliphatic heterocycles. The maximum Gasteiger partial charge on any atom is 0.237 e. The van der Waals surface area contributed by atoms with Crippen molar-refractivity contribution in [2.75, 3.05) is 19.5 Å². The number of hydrogen-bond acceptors (Lipinski definition) is 6. The lowest BCUT2D eigenvalue weighted by Crippen LogP contribution is -2.13. The van der Waals surface area contributed by atoms with Crippen LogP contribution in [0.2, 0.25) is 0 Å². The van der Waals surface area contributed by atoms with Crippen molar-refractivity contribution in [1.29, 1.82) is 5.26 Å². The highest BCUT2D eigenvalue weighted by atomic mass is 16.5. The van der Waals surface area contributed by atoms with Crippen LogP contribution in [0.4, 0.5) is 5.69 Å². The Morgan fingerprint density at radius 3 is 2.68 bits per heavy atom. The molecule has 3 aromatic rings. The van der Waals surface area contributed by atoms with Gasteiger partial charge in [0, 0.05) is 18.3 Å². The third-order valence-electron chi connectivity index (χ3n) is 4.68. The molecule has 0 aliphatic rings. The van der Waals surface area contributed by atoms with E-state index >= 15 is 0 Å². The molecule has 0 aliphatic carbocycles. The van der Waals surface area contributed by atoms with Crippen LogP contribution in [0.1, 0.15) is 23.1 Å². The quantitative estimate of drug-likeness (QED) is 0.574. The molecule has 0 radical (unpaired) electrons. The molecule has 0 saturated heterocycles. The number of anilines is 1. The third-order valence-corrected chi connectivity index (χ3v) is 4.68. The average Bonchev–Trinajstić information content (AvgIpc) is 2.79. The Labute approximate surface area is 181 Å². The van der Waals surface area contributed by atoms with Gasteiger partial charge in [-0.2, -0.15) is 5.26 Å². The Balaban J connectivity index is 1.64. The van der Waals surface area contributed by atoms with Gasteiger partial charge in [0.1, 0.15) is 17.4 Å². The van der Waals surface area contributed by atoms with Crippen molar-refractivity contribution in [3.05, 3.63) is 71.4 Å². The van der Waals surface area contributed by atoms with Crippen LogP contribution in [0.5, 0.6) is 23.1 Å². The predicted octanol–water partition coefficient (Wildman–Crippen LogP) is 4.64. The molecule has 7 heteroatoms. The van der Waals surface area contributed by atoms with Crippen molar-refractivity contribution >= 4 is 11.6 Å². The number of amides is 1. The number of carbonyl (C=O) groups is 1. The molecule has 158 valence electrons. The molecule has 1 N–H and O–H groups in total. The van der Waals surface area contributed by atoms with Gasteiger partial charge in [-0.15, -0.1) is 0 Å². The number of methoxy groups -OCH3 is 2. The summed E-state index contributed by atoms with van der Waals surface area (Å²) < 4.78 is 16.4. The molecule has 0 fully saturated rings. The molecule has 0 saturated carbocycles. The second-order valence-electron chi connectivity index (χ2n) is 6.75. The van der Waals surface area contributed by atoms with Gasteiger partial charge in [0.15, 0.2) is 11.5 Å². The van der Waals surface area contributed by atoms with E-state index in [1.165, 1.54) is 0 Å². The van der Waals surface area contributed by atoms with Gasteiger partial charge >= 0.3 is 0 Å². The van der Waals surface area contributed by atoms with Crippen LogP contribution in [0.15, 0.2) is 54.7 Å². The summed E-state index contributed by atoms with van der Waals surface area (Å²) in [4.78, 5) is 16.6. The summed E-state index contributed by atoms with van der Waals surface area (Å²) >= 11 is 0. The molecule has 7 nitrogen and oxygen atoms in total. The van der Waals surface area contributed by atoms with Gasteiger partial charge in [-0.25, -0.2) is 4.98 Å². The van der Waals surface area contributed by atoms with Crippen LogP contribution >= 0.6 is 0 Å². The minimum atomic E-state index is -0.113. The number of hydrogen-bond donors (Lipinski definition) is 1. The number of nitriles is 1. The fourth-order valence-electron chi connectivity index (χ4n) is 3.12. The van der Waals surface area contributed by atoms with Crippen LogP contribution in [-0.2, 0) is 11.2 Å². The van der Waals surface area contributed by atoms with Crippen molar-refractivity contribution in [2.24, 2.45) is 0 Å². The Morgan fingerprint density at radius 2 is 1.97 bits per heavy atom. The fraction of sp³-hybridized carbons (Fsp3) is 0.208. The molecule has 1 heterocycles. The van der Waals surface area contributed by atoms with Crippen LogP contribution < -0.4 is 19.5 Å². The van der Waals surface area contributed by atoms with Crippen molar-refractivity contribution in [3.63, 3.8) is 0 Å². The van der Waals surface area contributed by atoms with Crippen LogP contribution in [0.25, 0.3) is 0 Å². The number of benzene rings is 2. The zero-order valence-corrected chi connectivity index (χ0v) is 17.6. The number of aryl methyl sites for hydroxylation is 2. The Morgan fingerprint density at radius 1 is 1.13 bits per heavy atom. The standard InChI is InChI=1S/C24H23N3O4/c1-16-14-19(31-24-18(15-25)7-5-13-26-24)10-11-20(16)27-22(28)12-9-17-6-4-8-21(29-2)23(17)30-3/h4-8,10-11,13-14H,9,12H2,1-3H3,(H,27,28). The fourth-order valence-corrected chi connectivity index (χ4v) is 3.12. The zero-order valence-electron chi connectivity index (χ0n) is 17.6. The smallest absolute Gasteiger partial charge is 0.237 e. The van der Waals surface area contributed by atoms with E-state index in [1.54, 1.807) is 50.7 Å². The molecule has 2 aromatic carbocycles. The molecule has 0 unspecified atom stereocenters. The monoisotopic (exact) mass is 417 g/mol. The molecular weight excluding hydrogens is 394 g/mol. The van der Waals surface area contributed by atoms with Crippen molar-refractivity contribution < 1.29 is 19.0 Å². The molecule has 0 atom stereocenters. The number of nitrogens with zero attached hydrogens (tertiary/aromatic N) is 2. The van der Waals surface area contributed by atoms with Gasteiger partial charge < -0.3 is 19.5 Å². The number of aromatic nitrogens is 1. The average molecular weight is 417 g/mol. The predicted molar refractivity (Wildman–Crippen MR) is 117 cm³/mol. The van der Waals surface area contributed by atoms with Gasteiger partial charge in [-0.3, -0.25) is 4.79 Å². The lowest BCUT2D eigenvalue weighted by molar-refractivity contribution is -0.116. The zero-order chi connectivity index (χ0) is 22.2. The van der Waals surface area contributed by atoms with Crippen LogP contribution in [-0.4, -0.2) is 25.1 Å². The lowest BCUT2D eigenvalue weighted by Gasteiger charge is -2.13. The van der Waals surface area contributed by atoms with E-state index in [1.807, 2.05) is 31.2 Å². The van der Waals surface area contributed by atoms with E-state index in [4.69, 9.17) is 19.5 Å². The second-order valence-corrected chi connectivity index (χ2v) is 6.75. The largest absolute Gasteiger partial charge is 0.493 e. The lowest BCUT2D eigenvalue weighted by atomic mass is 10.1. The summed E-state index contributed by atoms with van der Waals surface area (Å²) in [6.07, 6.45) is 2.37. The van der Waals surface area contributed by atoms with Gasteiger partial charge in [0.05, 0.1) is 14.2 Å². The van der Waals surface area contributed by atoms with Gasteiger partial charge in [0.2, 0.25) is 11.8 Å². The van der Waals surface area contributed by atoms with Crippen molar-refractivity contribution in [3.8, 4) is 29.2 Å². The van der Waals surface area contributed by atoms with E-state index in [2.05, 4.69) is 10.3 Å². The Bertz CT molecular complexity index is 1120. The van der Waals surface area contributed by atoms with Gasteiger partial charge in [-0.1, -0.05) is 12.1 Å². The maximum atomic E-state index is 12.5. The van der Waals surface area contributed by atoms with Gasteiger partial charge in [-0.05, 0) is 60.9 Å². The maximum absolute atomic E-state index is 12.5. The van der Waals surface area contributed by atoms with Crippen molar-refractivity contribution in [1.82, 2.24) is 4.98 Å². The van der Waals surface area contributed by atoms with Crippen LogP contribution in [0, 0.1) is 18.3 Å². The number of ether oxygens (including phenoxy) is 3. The summed E-state index contributed by atoms with van der Waals surface area (Å²) in [5.74, 6) is 1.94. The third kappa shape index (κ3) is 5.31. The topological polar surface area (TPSA) is 93.5 Å². The number of pyridine rings is 1. The normalized spacial score (nSPS) is 10.1. The molecular formula is C24H23N3O4. The molecule has 1 amide bonds. The highest BCUT2D eigenvalue weighted by Gasteiger charge is 2.13. The summed E-state index contributed by atoms with van der Waals surface area (Å²) in [6, 6.07) is 16.3. The second kappa shape index (κ2) is 10.1. The van der Waals surface area contributed by atoms with E-state index in [0.29, 0.717) is 41.3 Å². The first-order valence-electron chi connectivity index (χ1n) is 9.69. The van der Waals surface area contributed by atoms with Crippen molar-refractivity contribution in [2.45, 2.75) is 19.8 Å². The molecule has 3 rings (SSSR count). The molecule has 0 spiro atoms. The van der Waals surface area contributed by atoms with Gasteiger partial charge in [0.25, 0.3) is 0 Å². The number of carbonyl (C=O) groups excluding carboxylic acids is 1. The van der Waals surface area contributed by atoms with E-state index in [-0.39, 0.29) is 11.8 Å². The van der Waals surface area contributed by atoms with Crippen LogP contribution in [0.3, 0.4) is 0 Å². The number of rotatable bonds is 8. The summed E-state index contributed by atoms with van der Waals surface area (Å²) in [5, 5.41) is 12.1. The molecule has 31 heavy (non-hydrogen) atoms. The summed E-state index contributed by atoms with van der Waals surface area (Å²) in [6.45, 7) is 1.87. The Hall–Kier alpha value is -4.05. The minimum absolute atomic E-state index is 0.113. The molecule has 0 bridgehead atoms. The summed E-state index contributed by atoms with van der Waals surface area (Å²) in [5.41, 5.74) is 2.78. The molecule has 1 aromatic heterocycles. The summed E-state index contributed by atoms with van der Waals surface area (Å²) in [7, 11) is 3.17. The number of nitrogens with one attached hydrogen (secondary N) is 1. The highest BCUT2D eigenvalue weighted by molar-refractivity contribution is 5.91. The highest BCUT2D eigenvalue weighted by Crippen LogP contribution is 2.31. The Kier molecular flexibility index (Phi) is 7.07. The van der Waals surface area contributed by atoms with E-state index < -0.39 is 0 Å². The van der Waals surface area contributed by atoms with E-state index in [0.717, 1.165) is 11.1 Å². The first-order chi connectivity index (χ1) is 15.0. The van der Waals surface area contributed by atoms with E-state index in [9.17, 15) is 4.79 Å². The first-order valence-corrected chi connectivity index (χ1v) is 9.69. The minimum Gasteiger partial charge on any atom is -0.493 e. The first kappa shape index (κ1) is 21.7.